The average molecular weight is 332 g/mol. The topological polar surface area (TPSA) is 52.6 Å². The van der Waals surface area contributed by atoms with E-state index in [2.05, 4.69) is 12.2 Å². The van der Waals surface area contributed by atoms with E-state index >= 15 is 0 Å². The first-order valence-electron chi connectivity index (χ1n) is 6.16. The molecule has 1 unspecified atom stereocenters. The van der Waals surface area contributed by atoms with E-state index in [4.69, 9.17) is 21.3 Å². The SMILES string of the molecule is CCOC(=O)C(C(=O)OCC)P(=S)(S)c1ccccc1. The van der Waals surface area contributed by atoms with E-state index in [0.717, 1.165) is 0 Å². The summed E-state index contributed by atoms with van der Waals surface area (Å²) in [5, 5.41) is -2.06. The van der Waals surface area contributed by atoms with E-state index in [1.165, 1.54) is 0 Å². The van der Waals surface area contributed by atoms with Crippen LogP contribution in [0, 0.1) is 0 Å². The van der Waals surface area contributed by atoms with Crippen molar-refractivity contribution in [2.45, 2.75) is 19.5 Å². The molecular formula is C13H17O4PS2. The zero-order valence-electron chi connectivity index (χ0n) is 11.3. The summed E-state index contributed by atoms with van der Waals surface area (Å²) in [7, 11) is 0. The minimum atomic E-state index is -2.75. The molecular weight excluding hydrogens is 315 g/mol. The highest BCUT2D eigenvalue weighted by Gasteiger charge is 2.41. The maximum atomic E-state index is 12.1. The maximum absolute atomic E-state index is 12.1. The third kappa shape index (κ3) is 4.08. The van der Waals surface area contributed by atoms with Gasteiger partial charge in [0.15, 0.2) is 5.66 Å². The molecule has 0 aliphatic carbocycles. The van der Waals surface area contributed by atoms with Crippen LogP contribution in [0.2, 0.25) is 0 Å². The van der Waals surface area contributed by atoms with Crippen molar-refractivity contribution < 1.29 is 19.1 Å². The zero-order valence-corrected chi connectivity index (χ0v) is 13.9. The van der Waals surface area contributed by atoms with Gasteiger partial charge in [0, 0.05) is 0 Å². The highest BCUT2D eigenvalue weighted by molar-refractivity contribution is 8.66. The number of carbonyl (C=O) groups is 2. The van der Waals surface area contributed by atoms with E-state index in [9.17, 15) is 9.59 Å². The van der Waals surface area contributed by atoms with Gasteiger partial charge in [0.25, 0.3) is 0 Å². The molecule has 0 heterocycles. The van der Waals surface area contributed by atoms with Gasteiger partial charge in [0.2, 0.25) is 0 Å². The lowest BCUT2D eigenvalue weighted by Gasteiger charge is -2.24. The Kier molecular flexibility index (Phi) is 6.72. The van der Waals surface area contributed by atoms with Crippen molar-refractivity contribution in [2.24, 2.45) is 0 Å². The summed E-state index contributed by atoms with van der Waals surface area (Å²) in [5.41, 5.74) is -1.18. The molecule has 0 N–H and O–H groups in total. The molecule has 1 rings (SSSR count). The van der Waals surface area contributed by atoms with Crippen LogP contribution in [0.25, 0.3) is 0 Å². The smallest absolute Gasteiger partial charge is 0.326 e. The molecule has 1 aromatic carbocycles. The summed E-state index contributed by atoms with van der Waals surface area (Å²) >= 11 is 9.95. The lowest BCUT2D eigenvalue weighted by atomic mass is 10.4. The molecule has 1 aromatic rings. The monoisotopic (exact) mass is 332 g/mol. The summed E-state index contributed by atoms with van der Waals surface area (Å²) in [6.07, 6.45) is 0. The van der Waals surface area contributed by atoms with Crippen molar-refractivity contribution in [2.75, 3.05) is 13.2 Å². The van der Waals surface area contributed by atoms with E-state index in [1.54, 1.807) is 38.1 Å². The van der Waals surface area contributed by atoms with E-state index in [1.807, 2.05) is 6.07 Å². The molecule has 7 heteroatoms. The maximum Gasteiger partial charge on any atom is 0.326 e. The van der Waals surface area contributed by atoms with Crippen LogP contribution in [-0.2, 0) is 30.9 Å². The summed E-state index contributed by atoms with van der Waals surface area (Å²) in [6.45, 7) is 3.69. The van der Waals surface area contributed by atoms with Gasteiger partial charge in [-0.25, -0.2) is 0 Å². The number of hydrogen-bond donors (Lipinski definition) is 1. The van der Waals surface area contributed by atoms with Gasteiger partial charge < -0.3 is 9.47 Å². The number of rotatable bonds is 6. The van der Waals surface area contributed by atoms with Crippen LogP contribution >= 0.6 is 17.5 Å². The molecule has 20 heavy (non-hydrogen) atoms. The average Bonchev–Trinajstić information content (AvgIpc) is 2.40. The first-order chi connectivity index (χ1) is 9.45. The normalized spacial score (nSPS) is 13.6. The lowest BCUT2D eigenvalue weighted by molar-refractivity contribution is -0.153. The largest absolute Gasteiger partial charge is 0.465 e. The van der Waals surface area contributed by atoms with Crippen molar-refractivity contribution in [1.82, 2.24) is 0 Å². The van der Waals surface area contributed by atoms with Crippen molar-refractivity contribution in [3.05, 3.63) is 30.3 Å². The minimum absolute atomic E-state index is 0.173. The Hall–Kier alpha value is -0.840. The third-order valence-electron chi connectivity index (χ3n) is 2.50. The second-order valence-electron chi connectivity index (χ2n) is 3.87. The molecule has 0 aromatic heterocycles. The predicted octanol–water partition coefficient (Wildman–Crippen LogP) is 2.13. The second-order valence-corrected chi connectivity index (χ2v) is 10.6. The summed E-state index contributed by atoms with van der Waals surface area (Å²) in [6, 6.07) is 8.94. The van der Waals surface area contributed by atoms with Crippen LogP contribution in [0.15, 0.2) is 30.3 Å². The van der Waals surface area contributed by atoms with E-state index in [-0.39, 0.29) is 13.2 Å². The molecule has 0 saturated carbocycles. The molecule has 0 fully saturated rings. The molecule has 0 radical (unpaired) electrons. The fourth-order valence-corrected chi connectivity index (χ4v) is 5.08. The minimum Gasteiger partial charge on any atom is -0.465 e. The molecule has 1 atom stereocenters. The van der Waals surface area contributed by atoms with Crippen LogP contribution in [0.5, 0.6) is 0 Å². The molecule has 0 spiro atoms. The number of carbonyl (C=O) groups excluding carboxylic acids is 2. The van der Waals surface area contributed by atoms with Crippen LogP contribution in [0.1, 0.15) is 13.8 Å². The Bertz CT molecular complexity index is 500. The summed E-state index contributed by atoms with van der Waals surface area (Å²) < 4.78 is 9.90. The third-order valence-corrected chi connectivity index (χ3v) is 7.31. The van der Waals surface area contributed by atoms with Gasteiger partial charge in [-0.1, -0.05) is 42.1 Å². The quantitative estimate of drug-likeness (QED) is 0.374. The fourth-order valence-electron chi connectivity index (χ4n) is 1.62. The first kappa shape index (κ1) is 17.2. The van der Waals surface area contributed by atoms with E-state index in [0.29, 0.717) is 5.30 Å². The number of hydrogen-bond acceptors (Lipinski definition) is 5. The van der Waals surface area contributed by atoms with Gasteiger partial charge in [-0.2, -0.15) is 0 Å². The van der Waals surface area contributed by atoms with Crippen molar-refractivity contribution in [3.63, 3.8) is 0 Å². The standard InChI is InChI=1S/C13H17O4PS2/c1-3-16-12(14)11(13(15)17-4-2)18(19,20)10-8-6-5-7-9-10/h5-9,11H,3-4H2,1-2H3,(H,19,20). The van der Waals surface area contributed by atoms with Gasteiger partial charge in [0.05, 0.1) is 18.5 Å². The Balaban J connectivity index is 3.18. The fraction of sp³-hybridized carbons (Fsp3) is 0.385. The van der Waals surface area contributed by atoms with Gasteiger partial charge >= 0.3 is 11.9 Å². The number of thiol groups is 1. The van der Waals surface area contributed by atoms with Crippen molar-refractivity contribution in [1.29, 1.82) is 0 Å². The van der Waals surface area contributed by atoms with Crippen molar-refractivity contribution >= 4 is 46.5 Å². The highest BCUT2D eigenvalue weighted by Crippen LogP contribution is 2.55. The second kappa shape index (κ2) is 7.81. The Morgan fingerprint density at radius 1 is 1.15 bits per heavy atom. The Morgan fingerprint density at radius 2 is 1.60 bits per heavy atom. The summed E-state index contributed by atoms with van der Waals surface area (Å²) in [5.74, 6) is -1.35. The van der Waals surface area contributed by atoms with Crippen LogP contribution < -0.4 is 5.30 Å². The Labute approximate surface area is 129 Å². The Morgan fingerprint density at radius 3 is 2.00 bits per heavy atom. The van der Waals surface area contributed by atoms with Crippen molar-refractivity contribution in [3.8, 4) is 0 Å². The summed E-state index contributed by atoms with van der Waals surface area (Å²) in [4.78, 5) is 24.1. The predicted molar refractivity (Wildman–Crippen MR) is 86.4 cm³/mol. The number of benzene rings is 1. The molecule has 0 amide bonds. The van der Waals surface area contributed by atoms with Gasteiger partial charge in [0.1, 0.15) is 0 Å². The molecule has 110 valence electrons. The van der Waals surface area contributed by atoms with Gasteiger partial charge in [-0.15, -0.1) is 12.2 Å². The molecule has 4 nitrogen and oxygen atoms in total. The zero-order chi connectivity index (χ0) is 15.2. The molecule has 0 aliphatic heterocycles. The van der Waals surface area contributed by atoms with Crippen LogP contribution in [0.4, 0.5) is 0 Å². The molecule has 0 bridgehead atoms. The van der Waals surface area contributed by atoms with Crippen LogP contribution in [0.3, 0.4) is 0 Å². The van der Waals surface area contributed by atoms with Crippen LogP contribution in [-0.4, -0.2) is 30.8 Å². The van der Waals surface area contributed by atoms with Gasteiger partial charge in [-0.3, -0.25) is 9.59 Å². The molecule has 0 saturated heterocycles. The van der Waals surface area contributed by atoms with E-state index < -0.39 is 22.8 Å². The van der Waals surface area contributed by atoms with Gasteiger partial charge in [-0.05, 0) is 19.2 Å². The number of esters is 2. The number of ether oxygens (including phenoxy) is 2. The highest BCUT2D eigenvalue weighted by atomic mass is 32.9. The molecule has 0 aliphatic rings. The lowest BCUT2D eigenvalue weighted by Crippen LogP contribution is -2.35. The first-order valence-corrected chi connectivity index (χ1v) is 10.2.